The molecule has 6 nitrogen and oxygen atoms in total. The minimum absolute atomic E-state index is 0.371. The molecule has 0 saturated heterocycles. The van der Waals surface area contributed by atoms with E-state index in [9.17, 15) is 0 Å². The molecule has 29 heavy (non-hydrogen) atoms. The Hall–Kier alpha value is -3.32. The van der Waals surface area contributed by atoms with Crippen LogP contribution < -0.4 is 0 Å². The third-order valence-electron chi connectivity index (χ3n) is 4.58. The zero-order valence-corrected chi connectivity index (χ0v) is 17.6. The summed E-state index contributed by atoms with van der Waals surface area (Å²) in [5.74, 6) is 0.867. The van der Waals surface area contributed by atoms with Crippen LogP contribution in [0.25, 0.3) is 39.3 Å². The smallest absolute Gasteiger partial charge is 0.268 e. The van der Waals surface area contributed by atoms with Crippen LogP contribution in [0.15, 0.2) is 52.9 Å². The van der Waals surface area contributed by atoms with Crippen LogP contribution >= 0.6 is 11.3 Å². The summed E-state index contributed by atoms with van der Waals surface area (Å²) in [6, 6.07) is 10.1. The van der Waals surface area contributed by atoms with Gasteiger partial charge in [0.15, 0.2) is 0 Å². The second kappa shape index (κ2) is 7.60. The lowest BCUT2D eigenvalue weighted by molar-refractivity contribution is 0.582. The standard InChI is InChI=1S/C22H21N5OS/c1-13-10-19(29-12-13)21-25-26-22(28-21)20-14(2)23-11-18(24-20)17-8-6-16(7-9-17)15(3)27(4)5/h6-12H,3H2,1-2,4-5H3. The number of benzene rings is 1. The van der Waals surface area contributed by atoms with Gasteiger partial charge >= 0.3 is 0 Å². The molecule has 0 fully saturated rings. The summed E-state index contributed by atoms with van der Waals surface area (Å²) in [6.07, 6.45) is 1.76. The van der Waals surface area contributed by atoms with E-state index in [4.69, 9.17) is 9.40 Å². The fourth-order valence-electron chi connectivity index (χ4n) is 2.84. The van der Waals surface area contributed by atoms with Gasteiger partial charge in [-0.1, -0.05) is 30.8 Å². The van der Waals surface area contributed by atoms with E-state index in [1.54, 1.807) is 17.5 Å². The average Bonchev–Trinajstić information content (AvgIpc) is 3.37. The maximum absolute atomic E-state index is 5.89. The summed E-state index contributed by atoms with van der Waals surface area (Å²) in [5, 5.41) is 10.4. The Morgan fingerprint density at radius 3 is 2.45 bits per heavy atom. The molecule has 7 heteroatoms. The summed E-state index contributed by atoms with van der Waals surface area (Å²) in [5.41, 5.74) is 6.23. The summed E-state index contributed by atoms with van der Waals surface area (Å²) in [7, 11) is 3.95. The second-order valence-electron chi connectivity index (χ2n) is 7.01. The maximum Gasteiger partial charge on any atom is 0.268 e. The van der Waals surface area contributed by atoms with Crippen LogP contribution in [0.4, 0.5) is 0 Å². The number of hydrogen-bond donors (Lipinski definition) is 0. The van der Waals surface area contributed by atoms with Gasteiger partial charge in [-0.3, -0.25) is 4.98 Å². The van der Waals surface area contributed by atoms with Gasteiger partial charge in [0.05, 0.1) is 22.5 Å². The fourth-order valence-corrected chi connectivity index (χ4v) is 3.66. The molecule has 146 valence electrons. The van der Waals surface area contributed by atoms with Crippen LogP contribution in [0, 0.1) is 13.8 Å². The monoisotopic (exact) mass is 403 g/mol. The van der Waals surface area contributed by atoms with Crippen molar-refractivity contribution in [2.24, 2.45) is 0 Å². The lowest BCUT2D eigenvalue weighted by atomic mass is 10.1. The van der Waals surface area contributed by atoms with E-state index in [-0.39, 0.29) is 0 Å². The van der Waals surface area contributed by atoms with Crippen LogP contribution in [0.1, 0.15) is 16.8 Å². The highest BCUT2D eigenvalue weighted by Gasteiger charge is 2.17. The number of thiophene rings is 1. The van der Waals surface area contributed by atoms with Crippen molar-refractivity contribution in [3.05, 3.63) is 65.3 Å². The van der Waals surface area contributed by atoms with Gasteiger partial charge in [0.1, 0.15) is 5.69 Å². The third-order valence-corrected chi connectivity index (χ3v) is 5.61. The Balaban J connectivity index is 1.66. The zero-order chi connectivity index (χ0) is 20.5. The van der Waals surface area contributed by atoms with Crippen molar-refractivity contribution in [1.82, 2.24) is 25.1 Å². The molecule has 0 atom stereocenters. The quantitative estimate of drug-likeness (QED) is 0.463. The average molecular weight is 404 g/mol. The summed E-state index contributed by atoms with van der Waals surface area (Å²) in [4.78, 5) is 12.2. The molecular formula is C22H21N5OS. The lowest BCUT2D eigenvalue weighted by Gasteiger charge is -2.16. The van der Waals surface area contributed by atoms with Gasteiger partial charge in [0, 0.05) is 25.4 Å². The predicted octanol–water partition coefficient (Wildman–Crippen LogP) is 5.07. The highest BCUT2D eigenvalue weighted by molar-refractivity contribution is 7.13. The molecule has 3 aromatic heterocycles. The van der Waals surface area contributed by atoms with E-state index in [1.807, 2.05) is 63.2 Å². The topological polar surface area (TPSA) is 67.9 Å². The minimum atomic E-state index is 0.371. The van der Waals surface area contributed by atoms with Crippen LogP contribution in [-0.4, -0.2) is 39.2 Å². The molecule has 0 aliphatic rings. The second-order valence-corrected chi connectivity index (χ2v) is 7.92. The number of nitrogens with zero attached hydrogens (tertiary/aromatic N) is 5. The molecule has 0 aliphatic heterocycles. The Bertz CT molecular complexity index is 1170. The summed E-state index contributed by atoms with van der Waals surface area (Å²) < 4.78 is 5.89. The number of aromatic nitrogens is 4. The van der Waals surface area contributed by atoms with Crippen molar-refractivity contribution < 1.29 is 4.42 Å². The Labute approximate surface area is 173 Å². The molecule has 3 heterocycles. The Morgan fingerprint density at radius 2 is 1.79 bits per heavy atom. The summed E-state index contributed by atoms with van der Waals surface area (Å²) >= 11 is 1.58. The molecule has 0 radical (unpaired) electrons. The van der Waals surface area contributed by atoms with E-state index in [2.05, 4.69) is 27.1 Å². The van der Waals surface area contributed by atoms with Crippen molar-refractivity contribution in [3.63, 3.8) is 0 Å². The Kier molecular flexibility index (Phi) is 4.98. The van der Waals surface area contributed by atoms with Crippen molar-refractivity contribution in [2.45, 2.75) is 13.8 Å². The number of hydrogen-bond acceptors (Lipinski definition) is 7. The van der Waals surface area contributed by atoms with E-state index >= 15 is 0 Å². The van der Waals surface area contributed by atoms with Crippen molar-refractivity contribution in [1.29, 1.82) is 0 Å². The molecule has 4 aromatic rings. The third kappa shape index (κ3) is 3.82. The van der Waals surface area contributed by atoms with Gasteiger partial charge in [-0.05, 0) is 36.4 Å². The van der Waals surface area contributed by atoms with Crippen molar-refractivity contribution >= 4 is 17.0 Å². The Morgan fingerprint density at radius 1 is 1.07 bits per heavy atom. The first kappa shape index (κ1) is 19.0. The molecule has 1 aromatic carbocycles. The van der Waals surface area contributed by atoms with E-state index < -0.39 is 0 Å². The molecule has 0 saturated carbocycles. The first-order chi connectivity index (χ1) is 13.9. The molecule has 4 rings (SSSR count). The zero-order valence-electron chi connectivity index (χ0n) is 16.8. The molecule has 0 unspecified atom stereocenters. The first-order valence-electron chi connectivity index (χ1n) is 9.12. The van der Waals surface area contributed by atoms with Gasteiger partial charge in [-0.2, -0.15) is 0 Å². The van der Waals surface area contributed by atoms with E-state index in [0.29, 0.717) is 17.5 Å². The number of rotatable bonds is 5. The first-order valence-corrected chi connectivity index (χ1v) is 10.0. The SMILES string of the molecule is C=C(c1ccc(-c2cnc(C)c(-c3nnc(-c4cc(C)cs4)o3)n2)cc1)N(C)C. The van der Waals surface area contributed by atoms with Crippen LogP contribution in [0.2, 0.25) is 0 Å². The molecule has 0 bridgehead atoms. The molecule has 0 spiro atoms. The van der Waals surface area contributed by atoms with Crippen LogP contribution in [-0.2, 0) is 0 Å². The fraction of sp³-hybridized carbons (Fsp3) is 0.182. The minimum Gasteiger partial charge on any atom is -0.414 e. The van der Waals surface area contributed by atoms with Gasteiger partial charge < -0.3 is 9.32 Å². The van der Waals surface area contributed by atoms with E-state index in [0.717, 1.165) is 33.1 Å². The van der Waals surface area contributed by atoms with Crippen LogP contribution in [0.5, 0.6) is 0 Å². The number of aryl methyl sites for hydroxylation is 2. The highest BCUT2D eigenvalue weighted by atomic mass is 32.1. The normalized spacial score (nSPS) is 10.9. The predicted molar refractivity (Wildman–Crippen MR) is 116 cm³/mol. The van der Waals surface area contributed by atoms with Crippen LogP contribution in [0.3, 0.4) is 0 Å². The molecule has 0 N–H and O–H groups in total. The van der Waals surface area contributed by atoms with Crippen molar-refractivity contribution in [2.75, 3.05) is 14.1 Å². The van der Waals surface area contributed by atoms with Gasteiger partial charge in [0.25, 0.3) is 11.8 Å². The maximum atomic E-state index is 5.89. The van der Waals surface area contributed by atoms with Gasteiger partial charge in [-0.15, -0.1) is 21.5 Å². The molecular weight excluding hydrogens is 382 g/mol. The highest BCUT2D eigenvalue weighted by Crippen LogP contribution is 2.30. The largest absolute Gasteiger partial charge is 0.414 e. The van der Waals surface area contributed by atoms with Gasteiger partial charge in [0.2, 0.25) is 0 Å². The lowest BCUT2D eigenvalue weighted by Crippen LogP contribution is -2.08. The molecule has 0 amide bonds. The summed E-state index contributed by atoms with van der Waals surface area (Å²) in [6.45, 7) is 8.01. The van der Waals surface area contributed by atoms with Crippen molar-refractivity contribution in [3.8, 4) is 33.6 Å². The molecule has 0 aliphatic carbocycles. The van der Waals surface area contributed by atoms with E-state index in [1.165, 1.54) is 5.56 Å². The van der Waals surface area contributed by atoms with Gasteiger partial charge in [-0.25, -0.2) is 4.98 Å².